The van der Waals surface area contributed by atoms with Gasteiger partial charge in [-0.15, -0.1) is 0 Å². The van der Waals surface area contributed by atoms with E-state index in [1.807, 2.05) is 35.0 Å². The molecule has 0 bridgehead atoms. The average molecular weight is 335 g/mol. The van der Waals surface area contributed by atoms with E-state index in [0.29, 0.717) is 25.3 Å². The van der Waals surface area contributed by atoms with E-state index in [9.17, 15) is 13.5 Å². The minimum Gasteiger partial charge on any atom is -0.382 e. The number of aryl methyl sites for hydroxylation is 1. The molecule has 0 saturated carbocycles. The largest absolute Gasteiger partial charge is 0.382 e. The molecule has 7 heteroatoms. The number of aliphatic hydroxyl groups is 1. The molecule has 2 aromatic rings. The Labute approximate surface area is 136 Å². The maximum Gasteiger partial charge on any atom is 0.214 e. The highest BCUT2D eigenvalue weighted by molar-refractivity contribution is 7.89. The maximum atomic E-state index is 12.1. The van der Waals surface area contributed by atoms with Crippen molar-refractivity contribution in [3.05, 3.63) is 53.3 Å². The fourth-order valence-electron chi connectivity index (χ4n) is 2.81. The highest BCUT2D eigenvalue weighted by atomic mass is 32.2. The summed E-state index contributed by atoms with van der Waals surface area (Å²) >= 11 is 0. The van der Waals surface area contributed by atoms with E-state index in [-0.39, 0.29) is 5.75 Å². The van der Waals surface area contributed by atoms with Crippen molar-refractivity contribution in [1.29, 1.82) is 0 Å². The predicted octanol–water partition coefficient (Wildman–Crippen LogP) is 1.52. The summed E-state index contributed by atoms with van der Waals surface area (Å²) in [7, 11) is -3.22. The Bertz CT molecular complexity index is 771. The number of rotatable bonds is 4. The molecule has 1 aromatic carbocycles. The van der Waals surface area contributed by atoms with Crippen molar-refractivity contribution in [2.24, 2.45) is 0 Å². The quantitative estimate of drug-likeness (QED) is 0.919. The molecule has 124 valence electrons. The van der Waals surface area contributed by atoms with Gasteiger partial charge in [0.05, 0.1) is 23.7 Å². The van der Waals surface area contributed by atoms with Gasteiger partial charge in [-0.2, -0.15) is 9.40 Å². The molecular formula is C16H21N3O3S. The van der Waals surface area contributed by atoms with Gasteiger partial charge in [-0.1, -0.05) is 30.3 Å². The number of aliphatic hydroxyl groups excluding tert-OH is 1. The van der Waals surface area contributed by atoms with Gasteiger partial charge < -0.3 is 5.11 Å². The first-order valence-corrected chi connectivity index (χ1v) is 9.39. The predicted molar refractivity (Wildman–Crippen MR) is 87.2 cm³/mol. The second kappa shape index (κ2) is 6.43. The summed E-state index contributed by atoms with van der Waals surface area (Å²) in [4.78, 5) is 0. The molecule has 0 aliphatic carbocycles. The lowest BCUT2D eigenvalue weighted by Gasteiger charge is -2.18. The molecule has 1 aliphatic rings. The van der Waals surface area contributed by atoms with Gasteiger partial charge in [-0.25, -0.2) is 8.42 Å². The van der Waals surface area contributed by atoms with Crippen molar-refractivity contribution in [3.63, 3.8) is 0 Å². The lowest BCUT2D eigenvalue weighted by Crippen LogP contribution is -2.32. The number of hydrogen-bond acceptors (Lipinski definition) is 4. The van der Waals surface area contributed by atoms with Crippen LogP contribution in [-0.4, -0.2) is 39.9 Å². The summed E-state index contributed by atoms with van der Waals surface area (Å²) in [6.45, 7) is 3.13. The minimum atomic E-state index is -3.22. The van der Waals surface area contributed by atoms with Crippen LogP contribution >= 0.6 is 0 Å². The van der Waals surface area contributed by atoms with Crippen molar-refractivity contribution in [2.75, 3.05) is 12.3 Å². The third-order valence-corrected chi connectivity index (χ3v) is 5.98. The number of benzene rings is 1. The molecule has 0 amide bonds. The lowest BCUT2D eigenvalue weighted by molar-refractivity contribution is 0.214. The summed E-state index contributed by atoms with van der Waals surface area (Å²) < 4.78 is 27.6. The smallest absolute Gasteiger partial charge is 0.214 e. The molecule has 0 saturated heterocycles. The van der Waals surface area contributed by atoms with Crippen LogP contribution in [0.25, 0.3) is 0 Å². The second-order valence-corrected chi connectivity index (χ2v) is 7.94. The van der Waals surface area contributed by atoms with E-state index in [0.717, 1.165) is 17.7 Å². The van der Waals surface area contributed by atoms with Gasteiger partial charge in [0.2, 0.25) is 10.0 Å². The molecule has 1 aromatic heterocycles. The van der Waals surface area contributed by atoms with Gasteiger partial charge in [0.25, 0.3) is 0 Å². The average Bonchev–Trinajstić information content (AvgIpc) is 2.86. The standard InChI is InChI=1S/C16H21N3O3S/c1-2-23(21,22)18-9-6-10-19-14(12-18)11-15(17-19)16(20)13-7-4-3-5-8-13/h3-5,7-8,11,16,20H,2,6,9-10,12H2,1H3/t16-/m0/s1. The summed E-state index contributed by atoms with van der Waals surface area (Å²) in [5, 5.41) is 15.0. The summed E-state index contributed by atoms with van der Waals surface area (Å²) in [5.74, 6) is 0.0979. The third-order valence-electron chi connectivity index (χ3n) is 4.15. The van der Waals surface area contributed by atoms with Crippen LogP contribution < -0.4 is 0 Å². The molecule has 3 rings (SSSR count). The maximum absolute atomic E-state index is 12.1. The molecule has 0 spiro atoms. The number of sulfonamides is 1. The molecule has 0 radical (unpaired) electrons. The van der Waals surface area contributed by atoms with Gasteiger partial charge in [0.1, 0.15) is 6.10 Å². The van der Waals surface area contributed by atoms with E-state index in [1.165, 1.54) is 4.31 Å². The van der Waals surface area contributed by atoms with Crippen LogP contribution in [0.5, 0.6) is 0 Å². The molecule has 1 aliphatic heterocycles. The van der Waals surface area contributed by atoms with Crippen molar-refractivity contribution < 1.29 is 13.5 Å². The van der Waals surface area contributed by atoms with Crippen molar-refractivity contribution >= 4 is 10.0 Å². The topological polar surface area (TPSA) is 75.4 Å². The number of fused-ring (bicyclic) bond motifs is 1. The molecule has 23 heavy (non-hydrogen) atoms. The highest BCUT2D eigenvalue weighted by Gasteiger charge is 2.26. The molecule has 6 nitrogen and oxygen atoms in total. The van der Waals surface area contributed by atoms with Crippen molar-refractivity contribution in [2.45, 2.75) is 32.5 Å². The Kier molecular flexibility index (Phi) is 4.52. The molecule has 2 heterocycles. The molecular weight excluding hydrogens is 314 g/mol. The first kappa shape index (κ1) is 16.2. The Balaban J connectivity index is 1.88. The van der Waals surface area contributed by atoms with Gasteiger partial charge in [0.15, 0.2) is 0 Å². The number of nitrogens with zero attached hydrogens (tertiary/aromatic N) is 3. The van der Waals surface area contributed by atoms with E-state index in [4.69, 9.17) is 0 Å². The zero-order chi connectivity index (χ0) is 16.4. The summed E-state index contributed by atoms with van der Waals surface area (Å²) in [6, 6.07) is 11.1. The third kappa shape index (κ3) is 3.31. The highest BCUT2D eigenvalue weighted by Crippen LogP contribution is 2.24. The fourth-order valence-corrected chi connectivity index (χ4v) is 3.92. The number of aromatic nitrogens is 2. The minimum absolute atomic E-state index is 0.0979. The monoisotopic (exact) mass is 335 g/mol. The normalized spacial score (nSPS) is 17.5. The Morgan fingerprint density at radius 1 is 1.26 bits per heavy atom. The fraction of sp³-hybridized carbons (Fsp3) is 0.438. The first-order valence-electron chi connectivity index (χ1n) is 7.78. The van der Waals surface area contributed by atoms with Gasteiger partial charge in [-0.3, -0.25) is 4.68 Å². The van der Waals surface area contributed by atoms with Gasteiger partial charge >= 0.3 is 0 Å². The van der Waals surface area contributed by atoms with Crippen molar-refractivity contribution in [1.82, 2.24) is 14.1 Å². The molecule has 1 atom stereocenters. The van der Waals surface area contributed by atoms with Crippen LogP contribution in [0.4, 0.5) is 0 Å². The van der Waals surface area contributed by atoms with Crippen molar-refractivity contribution in [3.8, 4) is 0 Å². The van der Waals surface area contributed by atoms with E-state index < -0.39 is 16.1 Å². The van der Waals surface area contributed by atoms with Gasteiger partial charge in [0, 0.05) is 13.1 Å². The van der Waals surface area contributed by atoms with Crippen LogP contribution in [0.1, 0.15) is 36.4 Å². The molecule has 0 fully saturated rings. The lowest BCUT2D eigenvalue weighted by atomic mass is 10.1. The molecule has 0 unspecified atom stereocenters. The second-order valence-electron chi connectivity index (χ2n) is 5.68. The van der Waals surface area contributed by atoms with Crippen LogP contribution in [0.2, 0.25) is 0 Å². The van der Waals surface area contributed by atoms with Crippen LogP contribution in [-0.2, 0) is 23.1 Å². The Morgan fingerprint density at radius 2 is 2.00 bits per heavy atom. The summed E-state index contributed by atoms with van der Waals surface area (Å²) in [5.41, 5.74) is 2.16. The zero-order valence-electron chi connectivity index (χ0n) is 13.1. The van der Waals surface area contributed by atoms with E-state index in [1.54, 1.807) is 13.0 Å². The summed E-state index contributed by atoms with van der Waals surface area (Å²) in [6.07, 6.45) is -0.0822. The van der Waals surface area contributed by atoms with E-state index >= 15 is 0 Å². The van der Waals surface area contributed by atoms with Crippen LogP contribution in [0.15, 0.2) is 36.4 Å². The van der Waals surface area contributed by atoms with Crippen LogP contribution in [0.3, 0.4) is 0 Å². The SMILES string of the molecule is CCS(=O)(=O)N1CCCn2nc([C@@H](O)c3ccccc3)cc2C1. The van der Waals surface area contributed by atoms with E-state index in [2.05, 4.69) is 5.10 Å². The van der Waals surface area contributed by atoms with Crippen LogP contribution in [0, 0.1) is 0 Å². The Morgan fingerprint density at radius 3 is 2.70 bits per heavy atom. The number of hydrogen-bond donors (Lipinski definition) is 1. The van der Waals surface area contributed by atoms with Gasteiger partial charge in [-0.05, 0) is 25.0 Å². The molecule has 1 N–H and O–H groups in total. The zero-order valence-corrected chi connectivity index (χ0v) is 13.9. The Hall–Kier alpha value is -1.70. The first-order chi connectivity index (χ1) is 11.0.